The minimum absolute atomic E-state index is 0.0633. The number of nitriles is 1. The molecule has 1 aliphatic carbocycles. The molecule has 1 heterocycles. The fraction of sp³-hybridized carbons (Fsp3) is 0.533. The van der Waals surface area contributed by atoms with Crippen LogP contribution >= 0.6 is 0 Å². The van der Waals surface area contributed by atoms with Crippen LogP contribution in [0.25, 0.3) is 0 Å². The van der Waals surface area contributed by atoms with Crippen molar-refractivity contribution in [2.45, 2.75) is 25.8 Å². The van der Waals surface area contributed by atoms with Crippen LogP contribution in [0, 0.1) is 23.7 Å². The Hall–Kier alpha value is -1.73. The summed E-state index contributed by atoms with van der Waals surface area (Å²) in [6, 6.07) is 6.58. The monoisotopic (exact) mass is 258 g/mol. The van der Waals surface area contributed by atoms with Crippen molar-refractivity contribution in [3.63, 3.8) is 0 Å². The molecule has 0 aromatic heterocycles. The van der Waals surface area contributed by atoms with E-state index >= 15 is 0 Å². The molecule has 1 aliphatic heterocycles. The first-order valence-corrected chi connectivity index (χ1v) is 6.69. The molecule has 0 spiro atoms. The van der Waals surface area contributed by atoms with Crippen molar-refractivity contribution in [3.8, 4) is 17.6 Å². The number of nitrogens with zero attached hydrogens (tertiary/aromatic N) is 1. The molecule has 1 aromatic rings. The summed E-state index contributed by atoms with van der Waals surface area (Å²) in [5.41, 5.74) is 2.04. The van der Waals surface area contributed by atoms with Crippen molar-refractivity contribution in [3.05, 3.63) is 23.3 Å². The first-order valence-electron chi connectivity index (χ1n) is 6.69. The molecule has 1 fully saturated rings. The normalized spacial score (nSPS) is 20.5. The van der Waals surface area contributed by atoms with Gasteiger partial charge in [0.1, 0.15) is 13.2 Å². The molecule has 0 amide bonds. The van der Waals surface area contributed by atoms with E-state index in [1.807, 2.05) is 19.2 Å². The lowest BCUT2D eigenvalue weighted by atomic mass is 9.88. The first-order chi connectivity index (χ1) is 9.20. The fourth-order valence-electron chi connectivity index (χ4n) is 2.85. The highest BCUT2D eigenvalue weighted by molar-refractivity contribution is 5.50. The van der Waals surface area contributed by atoms with E-state index in [1.165, 1.54) is 0 Å². The van der Waals surface area contributed by atoms with Crippen molar-refractivity contribution in [1.29, 1.82) is 5.26 Å². The van der Waals surface area contributed by atoms with E-state index in [0.29, 0.717) is 13.2 Å². The molecule has 1 atom stereocenters. The van der Waals surface area contributed by atoms with Crippen molar-refractivity contribution >= 4 is 0 Å². The molecular weight excluding hydrogens is 240 g/mol. The van der Waals surface area contributed by atoms with Gasteiger partial charge < -0.3 is 14.8 Å². The van der Waals surface area contributed by atoms with E-state index in [-0.39, 0.29) is 11.5 Å². The van der Waals surface area contributed by atoms with Crippen LogP contribution in [-0.2, 0) is 0 Å². The number of benzene rings is 1. The molecule has 1 saturated carbocycles. The summed E-state index contributed by atoms with van der Waals surface area (Å²) in [6.45, 7) is 3.25. The molecule has 100 valence electrons. The topological polar surface area (TPSA) is 54.3 Å². The zero-order valence-corrected chi connectivity index (χ0v) is 11.3. The lowest BCUT2D eigenvalue weighted by Crippen LogP contribution is -2.27. The molecule has 19 heavy (non-hydrogen) atoms. The minimum Gasteiger partial charge on any atom is -0.486 e. The van der Waals surface area contributed by atoms with Crippen LogP contribution in [0.2, 0.25) is 0 Å². The molecule has 2 aliphatic rings. The highest BCUT2D eigenvalue weighted by atomic mass is 16.6. The number of hydrogen-bond donors (Lipinski definition) is 1. The second-order valence-corrected chi connectivity index (χ2v) is 5.34. The van der Waals surface area contributed by atoms with Gasteiger partial charge in [-0.25, -0.2) is 0 Å². The van der Waals surface area contributed by atoms with Crippen molar-refractivity contribution in [2.75, 3.05) is 20.3 Å². The van der Waals surface area contributed by atoms with Crippen LogP contribution in [-0.4, -0.2) is 20.3 Å². The minimum atomic E-state index is -0.247. The molecular formula is C15H18N2O2. The maximum atomic E-state index is 9.40. The summed E-state index contributed by atoms with van der Waals surface area (Å²) in [7, 11) is 1.92. The summed E-state index contributed by atoms with van der Waals surface area (Å²) in [4.78, 5) is 0. The molecule has 1 unspecified atom stereocenters. The first kappa shape index (κ1) is 12.3. The Bertz CT molecular complexity index is 544. The van der Waals surface area contributed by atoms with Gasteiger partial charge in [-0.3, -0.25) is 0 Å². The van der Waals surface area contributed by atoms with Crippen molar-refractivity contribution in [2.24, 2.45) is 5.41 Å². The quantitative estimate of drug-likeness (QED) is 0.904. The number of fused-ring (bicyclic) bond motifs is 1. The summed E-state index contributed by atoms with van der Waals surface area (Å²) < 4.78 is 11.2. The van der Waals surface area contributed by atoms with Crippen LogP contribution in [0.5, 0.6) is 11.5 Å². The van der Waals surface area contributed by atoms with E-state index in [2.05, 4.69) is 18.3 Å². The van der Waals surface area contributed by atoms with Gasteiger partial charge in [0.15, 0.2) is 11.5 Å². The van der Waals surface area contributed by atoms with Gasteiger partial charge in [-0.1, -0.05) is 0 Å². The predicted molar refractivity (Wildman–Crippen MR) is 71.2 cm³/mol. The third-order valence-corrected chi connectivity index (χ3v) is 4.09. The maximum absolute atomic E-state index is 9.40. The van der Waals surface area contributed by atoms with Gasteiger partial charge >= 0.3 is 0 Å². The summed E-state index contributed by atoms with van der Waals surface area (Å²) in [5, 5.41) is 12.7. The average Bonchev–Trinajstić information content (AvgIpc) is 3.21. The Balaban J connectivity index is 2.02. The predicted octanol–water partition coefficient (Wildman–Crippen LogP) is 2.33. The number of hydrogen-bond acceptors (Lipinski definition) is 4. The molecule has 0 saturated heterocycles. The third kappa shape index (κ3) is 1.95. The van der Waals surface area contributed by atoms with Crippen LogP contribution in [0.15, 0.2) is 12.1 Å². The molecule has 1 N–H and O–H groups in total. The Morgan fingerprint density at radius 2 is 1.89 bits per heavy atom. The fourth-order valence-corrected chi connectivity index (χ4v) is 2.85. The summed E-state index contributed by atoms with van der Waals surface area (Å²) >= 11 is 0. The van der Waals surface area contributed by atoms with E-state index in [0.717, 1.165) is 35.5 Å². The number of ether oxygens (including phenoxy) is 2. The maximum Gasteiger partial charge on any atom is 0.161 e. The van der Waals surface area contributed by atoms with E-state index in [9.17, 15) is 5.26 Å². The van der Waals surface area contributed by atoms with Gasteiger partial charge in [0.05, 0.1) is 17.5 Å². The average molecular weight is 258 g/mol. The van der Waals surface area contributed by atoms with Gasteiger partial charge in [0.2, 0.25) is 0 Å². The van der Waals surface area contributed by atoms with Crippen LogP contribution < -0.4 is 14.8 Å². The van der Waals surface area contributed by atoms with Gasteiger partial charge in [-0.2, -0.15) is 5.26 Å². The lowest BCUT2D eigenvalue weighted by Gasteiger charge is -2.26. The van der Waals surface area contributed by atoms with E-state index in [4.69, 9.17) is 9.47 Å². The van der Waals surface area contributed by atoms with E-state index in [1.54, 1.807) is 0 Å². The summed E-state index contributed by atoms with van der Waals surface area (Å²) in [6.07, 6.45) is 1.92. The van der Waals surface area contributed by atoms with Crippen LogP contribution in [0.4, 0.5) is 0 Å². The van der Waals surface area contributed by atoms with E-state index < -0.39 is 0 Å². The van der Waals surface area contributed by atoms with Gasteiger partial charge in [0, 0.05) is 0 Å². The Labute approximate surface area is 113 Å². The number of rotatable bonds is 3. The lowest BCUT2D eigenvalue weighted by molar-refractivity contribution is 0.171. The Morgan fingerprint density at radius 3 is 2.42 bits per heavy atom. The highest BCUT2D eigenvalue weighted by Crippen LogP contribution is 2.55. The highest BCUT2D eigenvalue weighted by Gasteiger charge is 2.50. The second-order valence-electron chi connectivity index (χ2n) is 5.34. The van der Waals surface area contributed by atoms with Crippen molar-refractivity contribution in [1.82, 2.24) is 5.32 Å². The van der Waals surface area contributed by atoms with Crippen LogP contribution in [0.3, 0.4) is 0 Å². The molecule has 4 heteroatoms. The van der Waals surface area contributed by atoms with Crippen LogP contribution in [0.1, 0.15) is 30.0 Å². The molecule has 1 aromatic carbocycles. The zero-order chi connectivity index (χ0) is 13.5. The van der Waals surface area contributed by atoms with Gasteiger partial charge in [-0.15, -0.1) is 0 Å². The largest absolute Gasteiger partial charge is 0.486 e. The molecule has 3 rings (SSSR count). The SMILES string of the molecule is CNC(c1cc2c(cc1C)OCCO2)C1(C#N)CC1. The van der Waals surface area contributed by atoms with Gasteiger partial charge in [-0.05, 0) is 50.1 Å². The van der Waals surface area contributed by atoms with Gasteiger partial charge in [0.25, 0.3) is 0 Å². The zero-order valence-electron chi connectivity index (χ0n) is 11.3. The Morgan fingerprint density at radius 1 is 1.26 bits per heavy atom. The third-order valence-electron chi connectivity index (χ3n) is 4.09. The molecule has 0 bridgehead atoms. The smallest absolute Gasteiger partial charge is 0.161 e. The Kier molecular flexibility index (Phi) is 2.87. The number of aryl methyl sites for hydroxylation is 1. The molecule has 4 nitrogen and oxygen atoms in total. The standard InChI is InChI=1S/C15H18N2O2/c1-10-7-12-13(19-6-5-18-12)8-11(10)14(17-2)15(9-16)3-4-15/h7-8,14,17H,3-6H2,1-2H3. The second kappa shape index (κ2) is 4.43. The molecule has 0 radical (unpaired) electrons. The van der Waals surface area contributed by atoms with Crippen molar-refractivity contribution < 1.29 is 9.47 Å². The summed E-state index contributed by atoms with van der Waals surface area (Å²) in [5.74, 6) is 1.60. The number of nitrogens with one attached hydrogen (secondary N) is 1.